The molecule has 0 aliphatic heterocycles. The van der Waals surface area contributed by atoms with Gasteiger partial charge >= 0.3 is 0 Å². The Hall–Kier alpha value is -2.08. The Balaban J connectivity index is 2.88. The van der Waals surface area contributed by atoms with Gasteiger partial charge in [0.05, 0.1) is 4.90 Å². The van der Waals surface area contributed by atoms with Crippen LogP contribution < -0.4 is 14.9 Å². The highest BCUT2D eigenvalue weighted by molar-refractivity contribution is 7.89. The van der Waals surface area contributed by atoms with Gasteiger partial charge in [-0.1, -0.05) is 19.8 Å². The molecule has 1 atom stereocenters. The average molecular weight is 354 g/mol. The van der Waals surface area contributed by atoms with Gasteiger partial charge in [0.25, 0.3) is 5.91 Å². The maximum Gasteiger partial charge on any atom is 0.261 e. The fourth-order valence-corrected chi connectivity index (χ4v) is 3.13. The van der Waals surface area contributed by atoms with E-state index in [4.69, 9.17) is 9.94 Å². The summed E-state index contributed by atoms with van der Waals surface area (Å²) < 4.78 is 32.4. The molecule has 1 unspecified atom stereocenters. The van der Waals surface area contributed by atoms with E-state index in [2.05, 4.69) is 16.6 Å². The predicted octanol–water partition coefficient (Wildman–Crippen LogP) is 1.29. The highest BCUT2D eigenvalue weighted by Crippen LogP contribution is 2.17. The molecule has 132 valence electrons. The maximum absolute atomic E-state index is 12.4. The summed E-state index contributed by atoms with van der Waals surface area (Å²) in [7, 11) is -3.91. The third-order valence-corrected chi connectivity index (χ3v) is 4.54. The van der Waals surface area contributed by atoms with E-state index in [1.54, 1.807) is 6.92 Å². The topological polar surface area (TPSA) is 105 Å². The van der Waals surface area contributed by atoms with E-state index in [0.717, 1.165) is 0 Å². The van der Waals surface area contributed by atoms with Gasteiger partial charge in [-0.15, -0.1) is 5.92 Å². The second kappa shape index (κ2) is 9.27. The second-order valence-corrected chi connectivity index (χ2v) is 7.18. The lowest BCUT2D eigenvalue weighted by Gasteiger charge is -2.18. The van der Waals surface area contributed by atoms with Crippen molar-refractivity contribution in [3.8, 4) is 17.6 Å². The van der Waals surface area contributed by atoms with Crippen molar-refractivity contribution in [2.24, 2.45) is 5.92 Å². The molecular weight excluding hydrogens is 332 g/mol. The molecule has 3 N–H and O–H groups in total. The molecule has 1 amide bonds. The molecule has 1 rings (SSSR count). The first-order valence-corrected chi connectivity index (χ1v) is 8.87. The second-order valence-electron chi connectivity index (χ2n) is 5.47. The van der Waals surface area contributed by atoms with Crippen LogP contribution in [0, 0.1) is 17.8 Å². The van der Waals surface area contributed by atoms with Crippen LogP contribution >= 0.6 is 0 Å². The van der Waals surface area contributed by atoms with Crippen molar-refractivity contribution in [1.29, 1.82) is 0 Å². The first-order chi connectivity index (χ1) is 11.3. The number of carbonyl (C=O) groups excluding carboxylic acids is 1. The van der Waals surface area contributed by atoms with Gasteiger partial charge in [0.15, 0.2) is 0 Å². The van der Waals surface area contributed by atoms with Crippen LogP contribution in [-0.4, -0.2) is 32.2 Å². The predicted molar refractivity (Wildman–Crippen MR) is 88.9 cm³/mol. The zero-order valence-electron chi connectivity index (χ0n) is 13.9. The van der Waals surface area contributed by atoms with Gasteiger partial charge in [-0.05, 0) is 43.5 Å². The van der Waals surface area contributed by atoms with Gasteiger partial charge in [0, 0.05) is 0 Å². The van der Waals surface area contributed by atoms with Crippen LogP contribution in [0.25, 0.3) is 0 Å². The molecule has 0 saturated heterocycles. The van der Waals surface area contributed by atoms with Gasteiger partial charge in [-0.25, -0.2) is 13.9 Å². The lowest BCUT2D eigenvalue weighted by atomic mass is 10.0. The molecular formula is C16H22N2O5S. The molecule has 7 nitrogen and oxygen atoms in total. The number of nitrogens with one attached hydrogen (secondary N) is 2. The number of hydroxylamine groups is 1. The minimum Gasteiger partial charge on any atom is -0.481 e. The van der Waals surface area contributed by atoms with Crippen molar-refractivity contribution in [2.75, 3.05) is 6.61 Å². The van der Waals surface area contributed by atoms with Crippen molar-refractivity contribution in [2.45, 2.75) is 38.1 Å². The molecule has 0 radical (unpaired) electrons. The van der Waals surface area contributed by atoms with Crippen molar-refractivity contribution >= 4 is 15.9 Å². The number of amides is 1. The van der Waals surface area contributed by atoms with Gasteiger partial charge in [0.2, 0.25) is 10.0 Å². The van der Waals surface area contributed by atoms with Crippen molar-refractivity contribution in [1.82, 2.24) is 10.2 Å². The minimum atomic E-state index is -3.91. The first kappa shape index (κ1) is 20.0. The number of hydrogen-bond acceptors (Lipinski definition) is 5. The summed E-state index contributed by atoms with van der Waals surface area (Å²) in [4.78, 5) is 11.6. The van der Waals surface area contributed by atoms with Crippen LogP contribution in [0.15, 0.2) is 29.2 Å². The molecule has 0 heterocycles. The Morgan fingerprint density at radius 1 is 1.29 bits per heavy atom. The number of rotatable bonds is 8. The quantitative estimate of drug-likeness (QED) is 0.371. The zero-order valence-corrected chi connectivity index (χ0v) is 14.7. The lowest BCUT2D eigenvalue weighted by Crippen LogP contribution is -2.46. The molecule has 24 heavy (non-hydrogen) atoms. The Labute approximate surface area is 142 Å². The fourth-order valence-electron chi connectivity index (χ4n) is 1.92. The molecule has 0 aliphatic carbocycles. The van der Waals surface area contributed by atoms with E-state index in [1.807, 2.05) is 13.8 Å². The van der Waals surface area contributed by atoms with Crippen LogP contribution in [0.2, 0.25) is 0 Å². The normalized spacial score (nSPS) is 12.2. The van der Waals surface area contributed by atoms with Crippen molar-refractivity contribution < 1.29 is 23.2 Å². The van der Waals surface area contributed by atoms with E-state index >= 15 is 0 Å². The van der Waals surface area contributed by atoms with E-state index in [9.17, 15) is 13.2 Å². The Bertz CT molecular complexity index is 702. The van der Waals surface area contributed by atoms with Crippen molar-refractivity contribution in [3.63, 3.8) is 0 Å². The minimum absolute atomic E-state index is 0.00378. The van der Waals surface area contributed by atoms with E-state index in [1.165, 1.54) is 29.7 Å². The van der Waals surface area contributed by atoms with E-state index in [-0.39, 0.29) is 23.8 Å². The summed E-state index contributed by atoms with van der Waals surface area (Å²) in [6.07, 6.45) is 0.252. The summed E-state index contributed by atoms with van der Waals surface area (Å²) in [6.45, 7) is 5.60. The highest BCUT2D eigenvalue weighted by Gasteiger charge is 2.26. The van der Waals surface area contributed by atoms with Gasteiger partial charge in [0.1, 0.15) is 18.4 Å². The van der Waals surface area contributed by atoms with E-state index < -0.39 is 22.0 Å². The molecule has 0 bridgehead atoms. The SMILES string of the molecule is CC#CCOc1ccc(S(=O)(=O)NC(CC(C)C)C(=O)NO)cc1. The largest absolute Gasteiger partial charge is 0.481 e. The van der Waals surface area contributed by atoms with Crippen LogP contribution in [0.3, 0.4) is 0 Å². The lowest BCUT2D eigenvalue weighted by molar-refractivity contribution is -0.131. The van der Waals surface area contributed by atoms with Crippen LogP contribution in [0.5, 0.6) is 5.75 Å². The van der Waals surface area contributed by atoms with Crippen LogP contribution in [0.4, 0.5) is 0 Å². The molecule has 0 spiro atoms. The summed E-state index contributed by atoms with van der Waals surface area (Å²) in [6, 6.07) is 4.71. The van der Waals surface area contributed by atoms with Gasteiger partial charge < -0.3 is 4.74 Å². The zero-order chi connectivity index (χ0) is 18.2. The van der Waals surface area contributed by atoms with Crippen LogP contribution in [-0.2, 0) is 14.8 Å². The van der Waals surface area contributed by atoms with Gasteiger partial charge in [-0.2, -0.15) is 4.72 Å². The fraction of sp³-hybridized carbons (Fsp3) is 0.438. The third-order valence-electron chi connectivity index (χ3n) is 3.05. The summed E-state index contributed by atoms with van der Waals surface area (Å²) in [5.41, 5.74) is 1.48. The summed E-state index contributed by atoms with van der Waals surface area (Å²) >= 11 is 0. The van der Waals surface area contributed by atoms with E-state index in [0.29, 0.717) is 5.75 Å². The third kappa shape index (κ3) is 6.20. The molecule has 0 fully saturated rings. The monoisotopic (exact) mass is 354 g/mol. The van der Waals surface area contributed by atoms with Gasteiger partial charge in [-0.3, -0.25) is 10.0 Å². The molecule has 0 aliphatic rings. The highest BCUT2D eigenvalue weighted by atomic mass is 32.2. The van der Waals surface area contributed by atoms with Crippen LogP contribution in [0.1, 0.15) is 27.2 Å². The number of benzene rings is 1. The molecule has 8 heteroatoms. The van der Waals surface area contributed by atoms with Crippen molar-refractivity contribution in [3.05, 3.63) is 24.3 Å². The molecule has 1 aromatic carbocycles. The number of sulfonamides is 1. The summed E-state index contributed by atoms with van der Waals surface area (Å²) in [5, 5.41) is 8.76. The summed E-state index contributed by atoms with van der Waals surface area (Å²) in [5.74, 6) is 5.17. The molecule has 0 aromatic heterocycles. The standard InChI is InChI=1S/C16H22N2O5S/c1-4-5-10-23-13-6-8-14(9-7-13)24(21,22)18-15(11-12(2)3)16(19)17-20/h6-9,12,15,18,20H,10-11H2,1-3H3,(H,17,19). The Kier molecular flexibility index (Phi) is 7.71. The molecule has 1 aromatic rings. The smallest absolute Gasteiger partial charge is 0.261 e. The average Bonchev–Trinajstić information content (AvgIpc) is 2.53. The molecule has 0 saturated carbocycles. The Morgan fingerprint density at radius 3 is 2.42 bits per heavy atom. The number of ether oxygens (including phenoxy) is 1. The maximum atomic E-state index is 12.4. The first-order valence-electron chi connectivity index (χ1n) is 7.39. The Morgan fingerprint density at radius 2 is 1.92 bits per heavy atom. The number of hydrogen-bond donors (Lipinski definition) is 3. The number of carbonyl (C=O) groups is 1.